The zero-order valence-electron chi connectivity index (χ0n) is 6.30. The van der Waals surface area contributed by atoms with E-state index < -0.39 is 23.5 Å². The number of carbonyl (C=O) groups is 1. The monoisotopic (exact) mass is 206 g/mol. The van der Waals surface area contributed by atoms with Crippen LogP contribution in [0.4, 0.5) is 8.78 Å². The minimum atomic E-state index is -2.38. The number of benzene rings is 1. The molecule has 0 bridgehead atoms. The van der Waals surface area contributed by atoms with Gasteiger partial charge in [0, 0.05) is 10.6 Å². The molecule has 0 aliphatic heterocycles. The van der Waals surface area contributed by atoms with Gasteiger partial charge in [0.05, 0.1) is 0 Å². The van der Waals surface area contributed by atoms with E-state index in [9.17, 15) is 13.6 Å². The van der Waals surface area contributed by atoms with Crippen molar-refractivity contribution in [3.8, 4) is 0 Å². The number of hydrogen-bond acceptors (Lipinski definition) is 1. The first-order valence-electron chi connectivity index (χ1n) is 3.34. The second kappa shape index (κ2) is 3.70. The molecule has 0 fully saturated rings. The minimum absolute atomic E-state index is 0.0975. The van der Waals surface area contributed by atoms with Gasteiger partial charge in [0.1, 0.15) is 5.82 Å². The quantitative estimate of drug-likeness (QED) is 0.808. The summed E-state index contributed by atoms with van der Waals surface area (Å²) in [7, 11) is 0. The van der Waals surface area contributed by atoms with Crippen LogP contribution in [0, 0.1) is 5.82 Å². The molecule has 1 unspecified atom stereocenters. The molecule has 1 aromatic carbocycles. The van der Waals surface area contributed by atoms with Crippen molar-refractivity contribution >= 4 is 17.6 Å². The van der Waals surface area contributed by atoms with Gasteiger partial charge in [0.15, 0.2) is 0 Å². The largest absolute Gasteiger partial charge is 0.479 e. The maximum atomic E-state index is 12.8. The third kappa shape index (κ3) is 2.15. The molecule has 0 aromatic heterocycles. The van der Waals surface area contributed by atoms with Crippen LogP contribution >= 0.6 is 11.6 Å². The van der Waals surface area contributed by atoms with E-state index in [4.69, 9.17) is 16.7 Å². The maximum Gasteiger partial charge on any atom is 0.343 e. The Balaban J connectivity index is 3.12. The van der Waals surface area contributed by atoms with Crippen molar-refractivity contribution in [3.63, 3.8) is 0 Å². The van der Waals surface area contributed by atoms with Crippen LogP contribution < -0.4 is 0 Å². The molecular weight excluding hydrogens is 202 g/mol. The average molecular weight is 207 g/mol. The number of carboxylic acid groups (broad SMARTS) is 1. The van der Waals surface area contributed by atoms with Gasteiger partial charge in [-0.15, -0.1) is 0 Å². The lowest BCUT2D eigenvalue weighted by Crippen LogP contribution is -2.07. The number of rotatable bonds is 2. The van der Waals surface area contributed by atoms with E-state index in [2.05, 4.69) is 0 Å². The molecule has 0 amide bonds. The highest BCUT2D eigenvalue weighted by Gasteiger charge is 2.22. The second-order valence-electron chi connectivity index (χ2n) is 2.37. The van der Waals surface area contributed by atoms with E-state index in [0.29, 0.717) is 0 Å². The van der Waals surface area contributed by atoms with E-state index in [-0.39, 0.29) is 5.02 Å². The summed E-state index contributed by atoms with van der Waals surface area (Å²) in [4.78, 5) is 10.2. The van der Waals surface area contributed by atoms with Crippen molar-refractivity contribution in [2.24, 2.45) is 0 Å². The molecule has 0 heterocycles. The summed E-state index contributed by atoms with van der Waals surface area (Å²) < 4.78 is 25.6. The first-order valence-corrected chi connectivity index (χ1v) is 3.72. The molecule has 1 aromatic rings. The molecule has 13 heavy (non-hydrogen) atoms. The fourth-order valence-electron chi connectivity index (χ4n) is 0.842. The summed E-state index contributed by atoms with van der Waals surface area (Å²) in [6, 6.07) is 3.10. The molecule has 1 atom stereocenters. The van der Waals surface area contributed by atoms with Gasteiger partial charge in [-0.2, -0.15) is 0 Å². The van der Waals surface area contributed by atoms with Gasteiger partial charge in [-0.05, 0) is 18.2 Å². The van der Waals surface area contributed by atoms with Crippen LogP contribution in [0.15, 0.2) is 18.2 Å². The fourth-order valence-corrected chi connectivity index (χ4v) is 1.02. The maximum absolute atomic E-state index is 12.8. The van der Waals surface area contributed by atoms with E-state index in [1.807, 2.05) is 0 Å². The Morgan fingerprint density at radius 1 is 1.54 bits per heavy atom. The Bertz CT molecular complexity index is 341. The lowest BCUT2D eigenvalue weighted by molar-refractivity contribution is -0.143. The van der Waals surface area contributed by atoms with E-state index in [0.717, 1.165) is 12.1 Å². The number of aliphatic carboxylic acids is 1. The molecule has 70 valence electrons. The molecule has 1 N–H and O–H groups in total. The molecule has 5 heteroatoms. The van der Waals surface area contributed by atoms with Crippen molar-refractivity contribution in [2.75, 3.05) is 0 Å². The molecule has 0 aliphatic carbocycles. The van der Waals surface area contributed by atoms with E-state index in [1.54, 1.807) is 0 Å². The van der Waals surface area contributed by atoms with Crippen LogP contribution in [0.1, 0.15) is 11.7 Å². The average Bonchev–Trinajstić information content (AvgIpc) is 2.08. The summed E-state index contributed by atoms with van der Waals surface area (Å²) in [6.45, 7) is 0. The number of halogens is 3. The van der Waals surface area contributed by atoms with Gasteiger partial charge in [0.2, 0.25) is 6.17 Å². The van der Waals surface area contributed by atoms with Crippen molar-refractivity contribution < 1.29 is 18.7 Å². The SMILES string of the molecule is O=C(O)C(F)c1cc(Cl)ccc1F. The molecule has 2 nitrogen and oxygen atoms in total. The Labute approximate surface area is 77.8 Å². The van der Waals surface area contributed by atoms with Crippen LogP contribution in [0.25, 0.3) is 0 Å². The smallest absolute Gasteiger partial charge is 0.343 e. The normalized spacial score (nSPS) is 12.5. The number of hydrogen-bond donors (Lipinski definition) is 1. The highest BCUT2D eigenvalue weighted by atomic mass is 35.5. The summed E-state index contributed by atoms with van der Waals surface area (Å²) in [5.41, 5.74) is -0.556. The standard InChI is InChI=1S/C8H5ClF2O2/c9-4-1-2-6(10)5(3-4)7(11)8(12)13/h1-3,7H,(H,12,13). The number of alkyl halides is 1. The Morgan fingerprint density at radius 2 is 2.15 bits per heavy atom. The Kier molecular flexibility index (Phi) is 2.83. The first kappa shape index (κ1) is 9.92. The lowest BCUT2D eigenvalue weighted by atomic mass is 10.1. The molecule has 0 saturated carbocycles. The van der Waals surface area contributed by atoms with Crippen LogP contribution in [0.5, 0.6) is 0 Å². The lowest BCUT2D eigenvalue weighted by Gasteiger charge is -2.04. The third-order valence-electron chi connectivity index (χ3n) is 1.45. The molecule has 0 saturated heterocycles. The van der Waals surface area contributed by atoms with Gasteiger partial charge in [-0.25, -0.2) is 13.6 Å². The van der Waals surface area contributed by atoms with E-state index in [1.165, 1.54) is 6.07 Å². The van der Waals surface area contributed by atoms with Gasteiger partial charge in [0.25, 0.3) is 0 Å². The minimum Gasteiger partial charge on any atom is -0.479 e. The molecular formula is C8H5ClF2O2. The predicted octanol–water partition coefficient (Wildman–Crippen LogP) is 2.57. The van der Waals surface area contributed by atoms with Gasteiger partial charge in [-0.1, -0.05) is 11.6 Å². The molecule has 1 rings (SSSR count). The third-order valence-corrected chi connectivity index (χ3v) is 1.68. The van der Waals surface area contributed by atoms with Crippen molar-refractivity contribution in [2.45, 2.75) is 6.17 Å². The molecule has 0 aliphatic rings. The summed E-state index contributed by atoms with van der Waals surface area (Å²) in [5.74, 6) is -2.65. The summed E-state index contributed by atoms with van der Waals surface area (Å²) in [6.07, 6.45) is -2.38. The van der Waals surface area contributed by atoms with Crippen LogP contribution in [-0.4, -0.2) is 11.1 Å². The summed E-state index contributed by atoms with van der Waals surface area (Å²) >= 11 is 5.44. The molecule has 0 radical (unpaired) electrons. The first-order chi connectivity index (χ1) is 6.02. The Hall–Kier alpha value is -1.16. The zero-order chi connectivity index (χ0) is 10.0. The van der Waals surface area contributed by atoms with E-state index >= 15 is 0 Å². The highest BCUT2D eigenvalue weighted by Crippen LogP contribution is 2.24. The second-order valence-corrected chi connectivity index (χ2v) is 2.80. The van der Waals surface area contributed by atoms with Crippen molar-refractivity contribution in [3.05, 3.63) is 34.6 Å². The van der Waals surface area contributed by atoms with Gasteiger partial charge in [-0.3, -0.25) is 0 Å². The fraction of sp³-hybridized carbons (Fsp3) is 0.125. The topological polar surface area (TPSA) is 37.3 Å². The Morgan fingerprint density at radius 3 is 2.69 bits per heavy atom. The van der Waals surface area contributed by atoms with Crippen LogP contribution in [-0.2, 0) is 4.79 Å². The highest BCUT2D eigenvalue weighted by molar-refractivity contribution is 6.30. The van der Waals surface area contributed by atoms with Crippen molar-refractivity contribution in [1.29, 1.82) is 0 Å². The predicted molar refractivity (Wildman–Crippen MR) is 42.9 cm³/mol. The van der Waals surface area contributed by atoms with Crippen molar-refractivity contribution in [1.82, 2.24) is 0 Å². The van der Waals surface area contributed by atoms with Crippen LogP contribution in [0.2, 0.25) is 5.02 Å². The zero-order valence-corrected chi connectivity index (χ0v) is 7.05. The van der Waals surface area contributed by atoms with Gasteiger partial charge >= 0.3 is 5.97 Å². The molecule has 0 spiro atoms. The number of carboxylic acids is 1. The van der Waals surface area contributed by atoms with Gasteiger partial charge < -0.3 is 5.11 Å². The van der Waals surface area contributed by atoms with Crippen LogP contribution in [0.3, 0.4) is 0 Å². The summed E-state index contributed by atoms with van der Waals surface area (Å²) in [5, 5.41) is 8.36.